The number of nitrogens with zero attached hydrogens (tertiary/aromatic N) is 2. The van der Waals surface area contributed by atoms with Crippen molar-refractivity contribution < 1.29 is 4.79 Å². The van der Waals surface area contributed by atoms with Crippen LogP contribution >= 0.6 is 0 Å². The summed E-state index contributed by atoms with van der Waals surface area (Å²) in [5, 5.41) is 6.74. The molecule has 0 saturated carbocycles. The number of hydrogen-bond donors (Lipinski definition) is 2. The van der Waals surface area contributed by atoms with Crippen LogP contribution in [-0.2, 0) is 5.41 Å². The van der Waals surface area contributed by atoms with E-state index in [2.05, 4.69) is 117 Å². The average molecular weight is 491 g/mol. The molecule has 2 saturated heterocycles. The van der Waals surface area contributed by atoms with Crippen LogP contribution in [0.1, 0.15) is 77.1 Å². The van der Waals surface area contributed by atoms with Crippen molar-refractivity contribution in [2.75, 3.05) is 32.7 Å². The molecule has 36 heavy (non-hydrogen) atoms. The molecule has 2 N–H and O–H groups in total. The Morgan fingerprint density at radius 2 is 1.50 bits per heavy atom. The van der Waals surface area contributed by atoms with Crippen LogP contribution in [0, 0.1) is 5.41 Å². The van der Waals surface area contributed by atoms with Crippen molar-refractivity contribution in [1.29, 1.82) is 0 Å². The van der Waals surface area contributed by atoms with Gasteiger partial charge in [0.1, 0.15) is 0 Å². The first kappa shape index (κ1) is 26.7. The van der Waals surface area contributed by atoms with Crippen LogP contribution in [-0.4, -0.2) is 60.6 Å². The topological polar surface area (TPSA) is 47.6 Å². The third-order valence-corrected chi connectivity index (χ3v) is 7.91. The van der Waals surface area contributed by atoms with E-state index in [1.54, 1.807) is 0 Å². The Balaban J connectivity index is 1.59. The van der Waals surface area contributed by atoms with Crippen molar-refractivity contribution in [2.45, 2.75) is 77.9 Å². The Bertz CT molecular complexity index is 984. The highest BCUT2D eigenvalue weighted by Crippen LogP contribution is 2.36. The molecule has 0 spiro atoms. The van der Waals surface area contributed by atoms with E-state index in [0.717, 1.165) is 45.6 Å². The Morgan fingerprint density at radius 3 is 2.08 bits per heavy atom. The lowest BCUT2D eigenvalue weighted by atomic mass is 9.82. The predicted molar refractivity (Wildman–Crippen MR) is 149 cm³/mol. The number of nitrogens with one attached hydrogen (secondary N) is 2. The van der Waals surface area contributed by atoms with E-state index in [0.29, 0.717) is 0 Å². The van der Waals surface area contributed by atoms with Gasteiger partial charge in [0.15, 0.2) is 0 Å². The molecule has 0 radical (unpaired) electrons. The molecular weight excluding hydrogens is 444 g/mol. The molecule has 2 atom stereocenters. The number of piperazine rings is 1. The van der Waals surface area contributed by atoms with Crippen molar-refractivity contribution in [3.8, 4) is 0 Å². The molecule has 2 heterocycles. The van der Waals surface area contributed by atoms with Crippen molar-refractivity contribution in [3.63, 3.8) is 0 Å². The Hall–Kier alpha value is -2.37. The van der Waals surface area contributed by atoms with E-state index >= 15 is 0 Å². The van der Waals surface area contributed by atoms with Crippen molar-refractivity contribution >= 4 is 6.03 Å². The van der Waals surface area contributed by atoms with Gasteiger partial charge in [0.2, 0.25) is 0 Å². The second kappa shape index (κ2) is 10.9. The van der Waals surface area contributed by atoms with Crippen molar-refractivity contribution in [1.82, 2.24) is 20.4 Å². The number of hydrogen-bond acceptors (Lipinski definition) is 3. The Labute approximate surface area is 218 Å². The molecule has 2 aromatic carbocycles. The van der Waals surface area contributed by atoms with E-state index in [-0.39, 0.29) is 35.0 Å². The molecular formula is C31H46N4O. The van der Waals surface area contributed by atoms with Gasteiger partial charge in [-0.15, -0.1) is 0 Å². The zero-order valence-electron chi connectivity index (χ0n) is 23.2. The smallest absolute Gasteiger partial charge is 0.317 e. The molecule has 5 heteroatoms. The summed E-state index contributed by atoms with van der Waals surface area (Å²) in [5.74, 6) is 0. The number of benzene rings is 2. The van der Waals surface area contributed by atoms with Crippen LogP contribution in [0.25, 0.3) is 0 Å². The highest BCUT2D eigenvalue weighted by Gasteiger charge is 2.40. The minimum absolute atomic E-state index is 0.0263. The maximum Gasteiger partial charge on any atom is 0.317 e. The molecule has 4 rings (SSSR count). The van der Waals surface area contributed by atoms with Crippen LogP contribution < -0.4 is 10.6 Å². The molecule has 2 fully saturated rings. The third-order valence-electron chi connectivity index (χ3n) is 7.91. The van der Waals surface area contributed by atoms with Gasteiger partial charge in [0.05, 0.1) is 12.1 Å². The zero-order chi connectivity index (χ0) is 25.9. The van der Waals surface area contributed by atoms with Gasteiger partial charge in [-0.3, -0.25) is 4.90 Å². The van der Waals surface area contributed by atoms with Gasteiger partial charge in [0, 0.05) is 25.7 Å². The highest BCUT2D eigenvalue weighted by molar-refractivity contribution is 5.75. The van der Waals surface area contributed by atoms with Crippen molar-refractivity contribution in [3.05, 3.63) is 71.3 Å². The second-order valence-corrected chi connectivity index (χ2v) is 12.7. The molecule has 0 aromatic heterocycles. The molecule has 0 bridgehead atoms. The highest BCUT2D eigenvalue weighted by atomic mass is 16.2. The molecule has 2 amide bonds. The van der Waals surface area contributed by atoms with Gasteiger partial charge in [0.25, 0.3) is 0 Å². The van der Waals surface area contributed by atoms with E-state index < -0.39 is 0 Å². The molecule has 2 aliphatic heterocycles. The zero-order valence-corrected chi connectivity index (χ0v) is 23.2. The standard InChI is InChI=1S/C31H46N4O/c1-30(2,3)25-14-12-24(13-15-25)28(23-10-8-7-9-11-23)34-20-21-35(27(22-34)31(4,5)6)29(36)33-26-16-18-32-19-17-26/h7-15,26-28,32H,16-22H2,1-6H3,(H,33,36). The van der Waals surface area contributed by atoms with Gasteiger partial charge in [-0.05, 0) is 53.5 Å². The summed E-state index contributed by atoms with van der Waals surface area (Å²) >= 11 is 0. The summed E-state index contributed by atoms with van der Waals surface area (Å²) in [6.07, 6.45) is 2.01. The van der Waals surface area contributed by atoms with E-state index in [9.17, 15) is 4.79 Å². The Kier molecular flexibility index (Phi) is 8.11. The predicted octanol–water partition coefficient (Wildman–Crippen LogP) is 5.57. The summed E-state index contributed by atoms with van der Waals surface area (Å²) in [5.41, 5.74) is 4.08. The number of urea groups is 1. The minimum Gasteiger partial charge on any atom is -0.335 e. The van der Waals surface area contributed by atoms with E-state index in [1.165, 1.54) is 16.7 Å². The second-order valence-electron chi connectivity index (χ2n) is 12.7. The number of piperidine rings is 1. The number of carbonyl (C=O) groups excluding carboxylic acids is 1. The van der Waals surface area contributed by atoms with Gasteiger partial charge in [-0.25, -0.2) is 4.79 Å². The SMILES string of the molecule is CC(C)(C)c1ccc(C(c2ccccc2)N2CCN(C(=O)NC3CCNCC3)C(C(C)(C)C)C2)cc1. The number of rotatable bonds is 4. The van der Waals surface area contributed by atoms with Crippen LogP contribution in [0.15, 0.2) is 54.6 Å². The van der Waals surface area contributed by atoms with E-state index in [1.807, 2.05) is 0 Å². The first-order chi connectivity index (χ1) is 17.0. The van der Waals surface area contributed by atoms with Crippen LogP contribution in [0.5, 0.6) is 0 Å². The van der Waals surface area contributed by atoms with Crippen molar-refractivity contribution in [2.24, 2.45) is 5.41 Å². The molecule has 5 nitrogen and oxygen atoms in total. The fraction of sp³-hybridized carbons (Fsp3) is 0.581. The Morgan fingerprint density at radius 1 is 0.889 bits per heavy atom. The van der Waals surface area contributed by atoms with Crippen LogP contribution in [0.4, 0.5) is 4.79 Å². The molecule has 2 aliphatic rings. The summed E-state index contributed by atoms with van der Waals surface area (Å²) < 4.78 is 0. The lowest BCUT2D eigenvalue weighted by molar-refractivity contribution is 0.0261. The van der Waals surface area contributed by atoms with Gasteiger partial charge in [-0.2, -0.15) is 0 Å². The lowest BCUT2D eigenvalue weighted by Crippen LogP contribution is -2.63. The van der Waals surface area contributed by atoms with Crippen LogP contribution in [0.3, 0.4) is 0 Å². The fourth-order valence-electron chi connectivity index (χ4n) is 5.66. The fourth-order valence-corrected chi connectivity index (χ4v) is 5.66. The van der Waals surface area contributed by atoms with Gasteiger partial charge >= 0.3 is 6.03 Å². The lowest BCUT2D eigenvalue weighted by Gasteiger charge is -2.49. The first-order valence-electron chi connectivity index (χ1n) is 13.7. The molecule has 2 aromatic rings. The molecule has 196 valence electrons. The summed E-state index contributed by atoms with van der Waals surface area (Å²) in [6, 6.07) is 20.7. The number of amides is 2. The molecule has 2 unspecified atom stereocenters. The van der Waals surface area contributed by atoms with E-state index in [4.69, 9.17) is 0 Å². The summed E-state index contributed by atoms with van der Waals surface area (Å²) in [4.78, 5) is 18.2. The minimum atomic E-state index is -0.0263. The van der Waals surface area contributed by atoms with Gasteiger partial charge < -0.3 is 15.5 Å². The normalized spacial score (nSPS) is 21.3. The number of carbonyl (C=O) groups is 1. The van der Waals surface area contributed by atoms with Gasteiger partial charge in [-0.1, -0.05) is 96.1 Å². The quantitative estimate of drug-likeness (QED) is 0.589. The summed E-state index contributed by atoms with van der Waals surface area (Å²) in [7, 11) is 0. The van der Waals surface area contributed by atoms with Crippen LogP contribution in [0.2, 0.25) is 0 Å². The third kappa shape index (κ3) is 6.30. The largest absolute Gasteiger partial charge is 0.335 e. The first-order valence-corrected chi connectivity index (χ1v) is 13.7. The monoisotopic (exact) mass is 490 g/mol. The molecule has 0 aliphatic carbocycles. The maximum atomic E-state index is 13.4. The average Bonchev–Trinajstić information content (AvgIpc) is 2.85. The maximum absolute atomic E-state index is 13.4. The summed E-state index contributed by atoms with van der Waals surface area (Å²) in [6.45, 7) is 18.0.